The van der Waals surface area contributed by atoms with Crippen molar-refractivity contribution in [1.29, 1.82) is 5.26 Å². The molecule has 0 radical (unpaired) electrons. The predicted octanol–water partition coefficient (Wildman–Crippen LogP) is 2.01. The van der Waals surface area contributed by atoms with Crippen molar-refractivity contribution in [2.45, 2.75) is 25.1 Å². The van der Waals surface area contributed by atoms with Crippen molar-refractivity contribution in [2.75, 3.05) is 0 Å². The summed E-state index contributed by atoms with van der Waals surface area (Å²) in [5.74, 6) is -2.76. The molecule has 0 bridgehead atoms. The summed E-state index contributed by atoms with van der Waals surface area (Å²) in [6, 6.07) is 7.97. The topological polar surface area (TPSA) is 130 Å². The zero-order valence-corrected chi connectivity index (χ0v) is 11.1. The first-order valence-corrected chi connectivity index (χ1v) is 5.74. The van der Waals surface area contributed by atoms with Gasteiger partial charge in [0.1, 0.15) is 0 Å². The molecule has 22 heavy (non-hydrogen) atoms. The summed E-state index contributed by atoms with van der Waals surface area (Å²) >= 11 is 0. The lowest BCUT2D eigenvalue weighted by Crippen LogP contribution is -2.21. The Bertz CT molecular complexity index is 552. The van der Waals surface area contributed by atoms with Crippen molar-refractivity contribution in [1.82, 2.24) is 0 Å². The molecule has 10 heteroatoms. The second kappa shape index (κ2) is 8.58. The van der Waals surface area contributed by atoms with Gasteiger partial charge in [-0.25, -0.2) is 4.79 Å². The number of carboxylic acid groups (broad SMARTS) is 1. The number of nitrogens with zero attached hydrogens (tertiary/aromatic N) is 2. The third-order valence-corrected chi connectivity index (χ3v) is 2.24. The van der Waals surface area contributed by atoms with Gasteiger partial charge in [0.25, 0.3) is 5.69 Å². The Morgan fingerprint density at radius 1 is 1.41 bits per heavy atom. The van der Waals surface area contributed by atoms with E-state index >= 15 is 0 Å². The molecule has 0 aliphatic carbocycles. The molecule has 0 fully saturated rings. The van der Waals surface area contributed by atoms with Gasteiger partial charge in [0.2, 0.25) is 0 Å². The number of nitro benzene ring substituents is 1. The van der Waals surface area contributed by atoms with E-state index in [4.69, 9.17) is 20.9 Å². The maximum absolute atomic E-state index is 10.6. The van der Waals surface area contributed by atoms with Gasteiger partial charge < -0.3 is 10.8 Å². The lowest BCUT2D eigenvalue weighted by Gasteiger charge is -2.06. The number of carboxylic acids is 1. The molecule has 0 saturated heterocycles. The highest BCUT2D eigenvalue weighted by Gasteiger charge is 2.38. The molecular weight excluding hydrogens is 307 g/mol. The van der Waals surface area contributed by atoms with Crippen molar-refractivity contribution in [3.05, 3.63) is 39.9 Å². The van der Waals surface area contributed by atoms with Crippen molar-refractivity contribution < 1.29 is 28.0 Å². The summed E-state index contributed by atoms with van der Waals surface area (Å²) in [6.45, 7) is 0. The fourth-order valence-corrected chi connectivity index (χ4v) is 1.25. The van der Waals surface area contributed by atoms with Gasteiger partial charge in [-0.15, -0.1) is 0 Å². The van der Waals surface area contributed by atoms with E-state index in [1.54, 1.807) is 12.1 Å². The maximum Gasteiger partial charge on any atom is 0.490 e. The van der Waals surface area contributed by atoms with Crippen molar-refractivity contribution >= 4 is 11.7 Å². The fraction of sp³-hybridized carbons (Fsp3) is 0.333. The third kappa shape index (κ3) is 7.81. The number of benzene rings is 1. The number of nitro groups is 1. The first-order valence-electron chi connectivity index (χ1n) is 5.74. The van der Waals surface area contributed by atoms with E-state index in [0.29, 0.717) is 6.42 Å². The van der Waals surface area contributed by atoms with Crippen LogP contribution in [0.5, 0.6) is 0 Å². The van der Waals surface area contributed by atoms with Crippen LogP contribution in [0, 0.1) is 21.4 Å². The van der Waals surface area contributed by atoms with Gasteiger partial charge in [0.05, 0.1) is 17.4 Å². The Hall–Kier alpha value is -2.67. The van der Waals surface area contributed by atoms with Gasteiger partial charge in [0, 0.05) is 18.2 Å². The quantitative estimate of drug-likeness (QED) is 0.645. The van der Waals surface area contributed by atoms with Crippen LogP contribution in [0.2, 0.25) is 0 Å². The van der Waals surface area contributed by atoms with E-state index in [9.17, 15) is 23.3 Å². The Morgan fingerprint density at radius 3 is 2.18 bits per heavy atom. The Morgan fingerprint density at radius 2 is 1.86 bits per heavy atom. The minimum atomic E-state index is -5.08. The SMILES string of the molecule is N#CC[C@@H](N)Cc1ccc([N+](=O)[O-])cc1.O=C(O)C(F)(F)F. The highest BCUT2D eigenvalue weighted by Crippen LogP contribution is 2.13. The summed E-state index contributed by atoms with van der Waals surface area (Å²) in [7, 11) is 0. The molecule has 7 nitrogen and oxygen atoms in total. The molecule has 3 N–H and O–H groups in total. The van der Waals surface area contributed by atoms with E-state index in [-0.39, 0.29) is 18.2 Å². The molecule has 1 rings (SSSR count). The van der Waals surface area contributed by atoms with Crippen molar-refractivity contribution in [3.8, 4) is 6.07 Å². The molecule has 0 aliphatic heterocycles. The second-order valence-corrected chi connectivity index (χ2v) is 4.05. The molecule has 1 atom stereocenters. The highest BCUT2D eigenvalue weighted by atomic mass is 19.4. The Balaban J connectivity index is 0.000000534. The molecule has 0 saturated carbocycles. The van der Waals surface area contributed by atoms with Gasteiger partial charge in [0.15, 0.2) is 0 Å². The second-order valence-electron chi connectivity index (χ2n) is 4.05. The average Bonchev–Trinajstić information content (AvgIpc) is 2.39. The lowest BCUT2D eigenvalue weighted by atomic mass is 10.0. The molecule has 0 aliphatic rings. The molecule has 1 aromatic carbocycles. The molecule has 0 unspecified atom stereocenters. The number of nitrogens with two attached hydrogens (primary N) is 1. The summed E-state index contributed by atoms with van der Waals surface area (Å²) in [5, 5.41) is 25.9. The van der Waals surface area contributed by atoms with Crippen LogP contribution in [0.3, 0.4) is 0 Å². The number of rotatable bonds is 4. The van der Waals surface area contributed by atoms with Gasteiger partial charge >= 0.3 is 12.1 Å². The molecule has 0 spiro atoms. The van der Waals surface area contributed by atoms with Crippen LogP contribution in [0.15, 0.2) is 24.3 Å². The molecule has 0 aromatic heterocycles. The van der Waals surface area contributed by atoms with Gasteiger partial charge in [-0.05, 0) is 12.0 Å². The van der Waals surface area contributed by atoms with E-state index in [1.807, 2.05) is 6.07 Å². The molecule has 0 heterocycles. The van der Waals surface area contributed by atoms with Crippen LogP contribution >= 0.6 is 0 Å². The van der Waals surface area contributed by atoms with Crippen LogP contribution in [0.1, 0.15) is 12.0 Å². The zero-order valence-electron chi connectivity index (χ0n) is 11.1. The molecule has 120 valence electrons. The minimum absolute atomic E-state index is 0.0626. The van der Waals surface area contributed by atoms with Crippen LogP contribution in [-0.4, -0.2) is 28.2 Å². The van der Waals surface area contributed by atoms with E-state index in [2.05, 4.69) is 0 Å². The largest absolute Gasteiger partial charge is 0.490 e. The van der Waals surface area contributed by atoms with E-state index in [0.717, 1.165) is 5.56 Å². The molecule has 0 amide bonds. The fourth-order valence-electron chi connectivity index (χ4n) is 1.25. The molecular formula is C12H12F3N3O4. The lowest BCUT2D eigenvalue weighted by molar-refractivity contribution is -0.384. The van der Waals surface area contributed by atoms with E-state index < -0.39 is 17.1 Å². The smallest absolute Gasteiger partial charge is 0.475 e. The zero-order chi connectivity index (χ0) is 17.3. The minimum Gasteiger partial charge on any atom is -0.475 e. The first kappa shape index (κ1) is 19.3. The summed E-state index contributed by atoms with van der Waals surface area (Å²) < 4.78 is 31.7. The number of non-ortho nitro benzene ring substituents is 1. The van der Waals surface area contributed by atoms with Crippen LogP contribution in [0.25, 0.3) is 0 Å². The highest BCUT2D eigenvalue weighted by molar-refractivity contribution is 5.73. The normalized spacial score (nSPS) is 11.6. The number of hydrogen-bond donors (Lipinski definition) is 2. The van der Waals surface area contributed by atoms with E-state index in [1.165, 1.54) is 12.1 Å². The monoisotopic (exact) mass is 319 g/mol. The Kier molecular flexibility index (Phi) is 7.54. The van der Waals surface area contributed by atoms with Crippen molar-refractivity contribution in [3.63, 3.8) is 0 Å². The van der Waals surface area contributed by atoms with Crippen molar-refractivity contribution in [2.24, 2.45) is 5.73 Å². The number of carbonyl (C=O) groups is 1. The summed E-state index contributed by atoms with van der Waals surface area (Å²) in [5.41, 5.74) is 6.63. The van der Waals surface area contributed by atoms with Crippen LogP contribution in [0.4, 0.5) is 18.9 Å². The standard InChI is InChI=1S/C10H11N3O2.C2HF3O2/c11-6-5-9(12)7-8-1-3-10(4-2-8)13(14)15;3-2(4,5)1(6)7/h1-4,9H,5,7,12H2;(H,6,7)/t9-;/m1./s1. The van der Waals surface area contributed by atoms with Gasteiger partial charge in [-0.3, -0.25) is 10.1 Å². The number of halogens is 3. The average molecular weight is 319 g/mol. The van der Waals surface area contributed by atoms with Crippen LogP contribution in [-0.2, 0) is 11.2 Å². The third-order valence-electron chi connectivity index (χ3n) is 2.24. The number of alkyl halides is 3. The molecule has 1 aromatic rings. The van der Waals surface area contributed by atoms with Gasteiger partial charge in [-0.2, -0.15) is 18.4 Å². The van der Waals surface area contributed by atoms with Crippen LogP contribution < -0.4 is 5.73 Å². The first-order chi connectivity index (χ1) is 10.1. The number of aliphatic carboxylic acids is 1. The maximum atomic E-state index is 10.6. The number of nitriles is 1. The summed E-state index contributed by atoms with van der Waals surface area (Å²) in [4.78, 5) is 18.8. The van der Waals surface area contributed by atoms with Gasteiger partial charge in [-0.1, -0.05) is 12.1 Å². The number of hydrogen-bond acceptors (Lipinski definition) is 5. The summed E-state index contributed by atoms with van der Waals surface area (Å²) in [6.07, 6.45) is -4.23. The Labute approximate surface area is 122 Å². The predicted molar refractivity (Wildman–Crippen MR) is 68.7 cm³/mol.